The number of aromatic nitrogens is 1. The van der Waals surface area contributed by atoms with E-state index in [-0.39, 0.29) is 5.60 Å². The van der Waals surface area contributed by atoms with Gasteiger partial charge in [-0.2, -0.15) is 0 Å². The van der Waals surface area contributed by atoms with Crippen LogP contribution in [-0.2, 0) is 4.84 Å². The van der Waals surface area contributed by atoms with Gasteiger partial charge < -0.3 is 9.23 Å². The van der Waals surface area contributed by atoms with Gasteiger partial charge in [-0.3, -0.25) is 4.98 Å². The van der Waals surface area contributed by atoms with Crippen molar-refractivity contribution in [2.45, 2.75) is 24.9 Å². The average Bonchev–Trinajstić information content (AvgIpc) is 2.84. The molecule has 3 fully saturated rings. The van der Waals surface area contributed by atoms with Gasteiger partial charge in [-0.15, -0.1) is 0 Å². The summed E-state index contributed by atoms with van der Waals surface area (Å²) in [6.07, 6.45) is 6.83. The van der Waals surface area contributed by atoms with Crippen LogP contribution in [0.25, 0.3) is 0 Å². The number of nitrogens with zero attached hydrogens (tertiary/aromatic N) is 3. The van der Waals surface area contributed by atoms with Crippen LogP contribution < -0.4 is 0 Å². The summed E-state index contributed by atoms with van der Waals surface area (Å²) in [6, 6.07) is 3.98. The Balaban J connectivity index is 1.61. The van der Waals surface area contributed by atoms with Crippen LogP contribution in [-0.4, -0.2) is 48.3 Å². The van der Waals surface area contributed by atoms with E-state index in [1.807, 2.05) is 18.3 Å². The molecule has 0 N–H and O–H groups in total. The van der Waals surface area contributed by atoms with Crippen molar-refractivity contribution in [2.24, 2.45) is 11.1 Å². The molecule has 0 aromatic carbocycles. The molecule has 1 aromatic rings. The Bertz CT molecular complexity index is 525. The van der Waals surface area contributed by atoms with Crippen LogP contribution in [0.4, 0.5) is 0 Å². The van der Waals surface area contributed by atoms with Crippen molar-refractivity contribution in [1.82, 2.24) is 4.98 Å². The molecule has 19 heavy (non-hydrogen) atoms. The normalized spacial score (nSPS) is 40.2. The monoisotopic (exact) mass is 254 g/mol. The summed E-state index contributed by atoms with van der Waals surface area (Å²) in [5.41, 5.74) is 1.93. The smallest absolute Gasteiger partial charge is 0.393 e. The quantitative estimate of drug-likeness (QED) is 0.707. The Morgan fingerprint density at radius 1 is 1.37 bits per heavy atom. The molecular weight excluding hydrogens is 237 g/mol. The highest BCUT2D eigenvalue weighted by molar-refractivity contribution is 6.01. The van der Waals surface area contributed by atoms with Crippen LogP contribution in [0.2, 0.25) is 0 Å². The van der Waals surface area contributed by atoms with Crippen molar-refractivity contribution in [3.8, 4) is 0 Å². The molecule has 4 nitrogen and oxygen atoms in total. The Labute approximate surface area is 114 Å². The molecule has 0 saturated carbocycles. The fourth-order valence-electron chi connectivity index (χ4n) is 3.91. The third kappa shape index (κ3) is 1.71. The summed E-state index contributed by atoms with van der Waals surface area (Å²) >= 11 is 0. The molecule has 4 aliphatic rings. The third-order valence-electron chi connectivity index (χ3n) is 4.97. The molecule has 4 aliphatic heterocycles. The lowest BCUT2D eigenvalue weighted by Crippen LogP contribution is -2.68. The standard InChI is InChI=1S/C14H17BN3O/c15-18-6-3-12(4-7-18)14(10-18)8-13(17-19-14)11-2-1-5-16-9-11/h1-2,5,9,12H,3-4,6-8,10H2/q+1. The molecule has 96 valence electrons. The molecule has 5 heterocycles. The van der Waals surface area contributed by atoms with Crippen molar-refractivity contribution in [2.75, 3.05) is 19.6 Å². The molecule has 1 spiro atoms. The number of piperidine rings is 3. The minimum Gasteiger partial charge on any atom is -0.393 e. The van der Waals surface area contributed by atoms with E-state index in [9.17, 15) is 0 Å². The largest absolute Gasteiger partial charge is 0.481 e. The van der Waals surface area contributed by atoms with Crippen molar-refractivity contribution in [3.63, 3.8) is 0 Å². The number of fused-ring (bicyclic) bond motifs is 2. The predicted molar refractivity (Wildman–Crippen MR) is 72.5 cm³/mol. The summed E-state index contributed by atoms with van der Waals surface area (Å²) < 4.78 is 0.659. The molecule has 3 saturated heterocycles. The second-order valence-corrected chi connectivity index (χ2v) is 6.21. The fourth-order valence-corrected chi connectivity index (χ4v) is 3.91. The van der Waals surface area contributed by atoms with Crippen molar-refractivity contribution in [3.05, 3.63) is 30.1 Å². The average molecular weight is 254 g/mol. The van der Waals surface area contributed by atoms with Gasteiger partial charge >= 0.3 is 7.98 Å². The van der Waals surface area contributed by atoms with E-state index in [1.54, 1.807) is 6.20 Å². The van der Waals surface area contributed by atoms with Gasteiger partial charge in [0.05, 0.1) is 18.8 Å². The molecule has 5 rings (SSSR count). The summed E-state index contributed by atoms with van der Waals surface area (Å²) in [5.74, 6) is 0.606. The van der Waals surface area contributed by atoms with Crippen LogP contribution in [0.5, 0.6) is 0 Å². The third-order valence-corrected chi connectivity index (χ3v) is 4.97. The van der Waals surface area contributed by atoms with Gasteiger partial charge in [-0.25, -0.2) is 0 Å². The van der Waals surface area contributed by atoms with Crippen LogP contribution in [0.3, 0.4) is 0 Å². The number of hydrogen-bond acceptors (Lipinski definition) is 3. The van der Waals surface area contributed by atoms with Gasteiger partial charge in [0.1, 0.15) is 6.54 Å². The number of quaternary nitrogens is 1. The maximum Gasteiger partial charge on any atom is 0.481 e. The molecule has 2 radical (unpaired) electrons. The second kappa shape index (κ2) is 3.82. The van der Waals surface area contributed by atoms with Gasteiger partial charge in [-0.05, 0) is 12.1 Å². The van der Waals surface area contributed by atoms with E-state index >= 15 is 0 Å². The molecule has 1 aromatic heterocycles. The topological polar surface area (TPSA) is 34.5 Å². The second-order valence-electron chi connectivity index (χ2n) is 6.21. The van der Waals surface area contributed by atoms with Gasteiger partial charge in [0.15, 0.2) is 5.60 Å². The molecule has 5 heteroatoms. The van der Waals surface area contributed by atoms with Crippen LogP contribution >= 0.6 is 0 Å². The highest BCUT2D eigenvalue weighted by atomic mass is 16.7. The number of hydrogen-bond donors (Lipinski definition) is 0. The summed E-state index contributed by atoms with van der Waals surface area (Å²) in [4.78, 5) is 10.1. The lowest BCUT2D eigenvalue weighted by molar-refractivity contribution is -0.846. The molecular formula is C14H17BN3O+. The van der Waals surface area contributed by atoms with E-state index in [2.05, 4.69) is 10.1 Å². The van der Waals surface area contributed by atoms with Gasteiger partial charge in [0.25, 0.3) is 0 Å². The molecule has 1 atom stereocenters. The zero-order valence-electron chi connectivity index (χ0n) is 11.0. The van der Waals surface area contributed by atoms with E-state index in [0.29, 0.717) is 10.3 Å². The van der Waals surface area contributed by atoms with Crippen LogP contribution in [0, 0.1) is 5.92 Å². The first kappa shape index (κ1) is 11.5. The Kier molecular flexibility index (Phi) is 2.31. The summed E-state index contributed by atoms with van der Waals surface area (Å²) in [6.45, 7) is 3.06. The first-order valence-corrected chi connectivity index (χ1v) is 6.99. The summed E-state index contributed by atoms with van der Waals surface area (Å²) in [5, 5.41) is 4.34. The van der Waals surface area contributed by atoms with Crippen LogP contribution in [0.15, 0.2) is 29.7 Å². The maximum atomic E-state index is 6.43. The summed E-state index contributed by atoms with van der Waals surface area (Å²) in [7, 11) is 6.43. The zero-order valence-corrected chi connectivity index (χ0v) is 11.0. The Morgan fingerprint density at radius 3 is 2.89 bits per heavy atom. The minimum atomic E-state index is -0.156. The Hall–Kier alpha value is -1.36. The Morgan fingerprint density at radius 2 is 2.21 bits per heavy atom. The first-order chi connectivity index (χ1) is 9.19. The number of pyridine rings is 1. The maximum absolute atomic E-state index is 6.43. The SMILES string of the molecule is [B][N+]12CCC(CC1)C1(CC(c3cccnc3)=NO1)C2. The van der Waals surface area contributed by atoms with Gasteiger partial charge in [0.2, 0.25) is 0 Å². The van der Waals surface area contributed by atoms with Crippen molar-refractivity contribution in [1.29, 1.82) is 0 Å². The minimum absolute atomic E-state index is 0.156. The van der Waals surface area contributed by atoms with E-state index < -0.39 is 0 Å². The zero-order chi connectivity index (χ0) is 12.9. The van der Waals surface area contributed by atoms with Crippen LogP contribution in [0.1, 0.15) is 24.8 Å². The van der Waals surface area contributed by atoms with Gasteiger partial charge in [0, 0.05) is 43.1 Å². The molecule has 0 aliphatic carbocycles. The fraction of sp³-hybridized carbons (Fsp3) is 0.571. The molecule has 2 bridgehead atoms. The number of oxime groups is 1. The lowest BCUT2D eigenvalue weighted by atomic mass is 9.69. The lowest BCUT2D eigenvalue weighted by Gasteiger charge is -2.54. The van der Waals surface area contributed by atoms with Gasteiger partial charge in [-0.1, -0.05) is 5.16 Å². The van der Waals surface area contributed by atoms with E-state index in [0.717, 1.165) is 50.2 Å². The predicted octanol–water partition coefficient (Wildman–Crippen LogP) is 1.27. The van der Waals surface area contributed by atoms with E-state index in [4.69, 9.17) is 12.8 Å². The molecule has 0 amide bonds. The highest BCUT2D eigenvalue weighted by Gasteiger charge is 2.58. The first-order valence-electron chi connectivity index (χ1n) is 6.99. The molecule has 1 unspecified atom stereocenters. The highest BCUT2D eigenvalue weighted by Crippen LogP contribution is 2.46. The van der Waals surface area contributed by atoms with E-state index in [1.165, 1.54) is 0 Å². The van der Waals surface area contributed by atoms with Crippen molar-refractivity contribution < 1.29 is 9.23 Å². The van der Waals surface area contributed by atoms with Crippen molar-refractivity contribution >= 4 is 13.7 Å². The number of rotatable bonds is 1.